The Balaban J connectivity index is 2.81. The molecule has 0 aliphatic rings. The molecule has 0 saturated heterocycles. The van der Waals surface area contributed by atoms with Crippen molar-refractivity contribution >= 4 is 5.69 Å². The molecule has 1 atom stereocenters. The first kappa shape index (κ1) is 14.0. The molecule has 96 valence electrons. The molecule has 0 spiro atoms. The second-order valence-corrected chi connectivity index (χ2v) is 4.44. The van der Waals surface area contributed by atoms with Gasteiger partial charge in [-0.15, -0.1) is 0 Å². The normalized spacial score (nSPS) is 12.5. The van der Waals surface area contributed by atoms with Crippen LogP contribution in [-0.4, -0.2) is 19.4 Å². The van der Waals surface area contributed by atoms with E-state index in [1.807, 2.05) is 6.92 Å². The molecule has 1 aromatic carbocycles. The SMILES string of the molecule is CCCCN(c1cccc(C)c1)C(C)OCC. The van der Waals surface area contributed by atoms with Gasteiger partial charge in [0.25, 0.3) is 0 Å². The van der Waals surface area contributed by atoms with Crippen molar-refractivity contribution in [3.63, 3.8) is 0 Å². The molecule has 0 saturated carbocycles. The minimum Gasteiger partial charge on any atom is -0.359 e. The molecule has 1 rings (SSSR count). The van der Waals surface area contributed by atoms with E-state index < -0.39 is 0 Å². The van der Waals surface area contributed by atoms with Gasteiger partial charge in [-0.2, -0.15) is 0 Å². The van der Waals surface area contributed by atoms with Crippen LogP contribution in [0.15, 0.2) is 24.3 Å². The minimum absolute atomic E-state index is 0.147. The Morgan fingerprint density at radius 1 is 1.29 bits per heavy atom. The predicted octanol–water partition coefficient (Wildman–Crippen LogP) is 3.98. The number of hydrogen-bond donors (Lipinski definition) is 0. The first-order chi connectivity index (χ1) is 8.19. The summed E-state index contributed by atoms with van der Waals surface area (Å²) in [5.74, 6) is 0. The third-order valence-corrected chi connectivity index (χ3v) is 2.93. The Labute approximate surface area is 106 Å². The van der Waals surface area contributed by atoms with Crippen molar-refractivity contribution in [3.8, 4) is 0 Å². The van der Waals surface area contributed by atoms with Gasteiger partial charge in [0.05, 0.1) is 0 Å². The molecule has 0 aliphatic heterocycles. The van der Waals surface area contributed by atoms with Gasteiger partial charge in [-0.05, 0) is 44.9 Å². The molecule has 0 bridgehead atoms. The third-order valence-electron chi connectivity index (χ3n) is 2.93. The lowest BCUT2D eigenvalue weighted by molar-refractivity contribution is 0.0732. The first-order valence-corrected chi connectivity index (χ1v) is 6.64. The smallest absolute Gasteiger partial charge is 0.127 e. The van der Waals surface area contributed by atoms with Crippen molar-refractivity contribution in [1.29, 1.82) is 0 Å². The minimum atomic E-state index is 0.147. The summed E-state index contributed by atoms with van der Waals surface area (Å²) in [6.45, 7) is 10.3. The third kappa shape index (κ3) is 4.39. The summed E-state index contributed by atoms with van der Waals surface area (Å²) in [5, 5.41) is 0. The maximum absolute atomic E-state index is 5.72. The summed E-state index contributed by atoms with van der Waals surface area (Å²) >= 11 is 0. The van der Waals surface area contributed by atoms with Gasteiger partial charge in [0, 0.05) is 18.8 Å². The molecule has 1 aromatic rings. The van der Waals surface area contributed by atoms with Gasteiger partial charge < -0.3 is 9.64 Å². The number of nitrogens with zero attached hydrogens (tertiary/aromatic N) is 1. The van der Waals surface area contributed by atoms with E-state index in [1.165, 1.54) is 24.1 Å². The van der Waals surface area contributed by atoms with E-state index in [9.17, 15) is 0 Å². The fourth-order valence-electron chi connectivity index (χ4n) is 1.99. The number of rotatable bonds is 7. The van der Waals surface area contributed by atoms with Gasteiger partial charge in [0.2, 0.25) is 0 Å². The quantitative estimate of drug-likeness (QED) is 0.663. The van der Waals surface area contributed by atoms with Crippen molar-refractivity contribution in [3.05, 3.63) is 29.8 Å². The monoisotopic (exact) mass is 235 g/mol. The zero-order chi connectivity index (χ0) is 12.7. The number of anilines is 1. The van der Waals surface area contributed by atoms with E-state index in [-0.39, 0.29) is 6.23 Å². The van der Waals surface area contributed by atoms with Crippen molar-refractivity contribution in [2.75, 3.05) is 18.1 Å². The standard InChI is InChI=1S/C15H25NO/c1-5-7-11-16(14(4)17-6-2)15-10-8-9-13(3)12-15/h8-10,12,14H,5-7,11H2,1-4H3. The van der Waals surface area contributed by atoms with Gasteiger partial charge in [-0.3, -0.25) is 0 Å². The second kappa shape index (κ2) is 7.33. The Bertz CT molecular complexity index is 324. The molecule has 0 aromatic heterocycles. The van der Waals surface area contributed by atoms with Crippen LogP contribution >= 0.6 is 0 Å². The molecule has 0 radical (unpaired) electrons. The zero-order valence-electron chi connectivity index (χ0n) is 11.6. The molecule has 0 amide bonds. The molecule has 0 aliphatic carbocycles. The summed E-state index contributed by atoms with van der Waals surface area (Å²) in [6.07, 6.45) is 2.56. The van der Waals surface area contributed by atoms with Gasteiger partial charge >= 0.3 is 0 Å². The average Bonchev–Trinajstić information content (AvgIpc) is 2.30. The average molecular weight is 235 g/mol. The molecule has 0 heterocycles. The first-order valence-electron chi connectivity index (χ1n) is 6.64. The Kier molecular flexibility index (Phi) is 6.06. The molecule has 1 unspecified atom stereocenters. The van der Waals surface area contributed by atoms with E-state index in [2.05, 4.69) is 49.9 Å². The van der Waals surface area contributed by atoms with Gasteiger partial charge in [-0.1, -0.05) is 25.5 Å². The van der Waals surface area contributed by atoms with Crippen LogP contribution in [0.3, 0.4) is 0 Å². The van der Waals surface area contributed by atoms with Crippen LogP contribution in [0.4, 0.5) is 5.69 Å². The lowest BCUT2D eigenvalue weighted by Gasteiger charge is -2.31. The predicted molar refractivity (Wildman–Crippen MR) is 74.5 cm³/mol. The van der Waals surface area contributed by atoms with Crippen molar-refractivity contribution < 1.29 is 4.74 Å². The van der Waals surface area contributed by atoms with Gasteiger partial charge in [0.15, 0.2) is 0 Å². The van der Waals surface area contributed by atoms with Crippen LogP contribution in [0.25, 0.3) is 0 Å². The highest BCUT2D eigenvalue weighted by Crippen LogP contribution is 2.19. The van der Waals surface area contributed by atoms with E-state index in [0.717, 1.165) is 13.2 Å². The Morgan fingerprint density at radius 2 is 2.06 bits per heavy atom. The molecule has 0 N–H and O–H groups in total. The highest BCUT2D eigenvalue weighted by atomic mass is 16.5. The van der Waals surface area contributed by atoms with Crippen LogP contribution in [-0.2, 0) is 4.74 Å². The topological polar surface area (TPSA) is 12.5 Å². The summed E-state index contributed by atoms with van der Waals surface area (Å²) in [4.78, 5) is 2.35. The van der Waals surface area contributed by atoms with Crippen LogP contribution in [0.5, 0.6) is 0 Å². The summed E-state index contributed by atoms with van der Waals surface area (Å²) in [6, 6.07) is 8.64. The van der Waals surface area contributed by atoms with Crippen LogP contribution < -0.4 is 4.90 Å². The molecule has 0 fully saturated rings. The van der Waals surface area contributed by atoms with E-state index in [4.69, 9.17) is 4.74 Å². The fraction of sp³-hybridized carbons (Fsp3) is 0.600. The number of benzene rings is 1. The highest BCUT2D eigenvalue weighted by Gasteiger charge is 2.13. The van der Waals surface area contributed by atoms with Gasteiger partial charge in [0.1, 0.15) is 6.23 Å². The lowest BCUT2D eigenvalue weighted by Crippen LogP contribution is -2.36. The van der Waals surface area contributed by atoms with Crippen molar-refractivity contribution in [2.45, 2.75) is 46.8 Å². The van der Waals surface area contributed by atoms with E-state index in [1.54, 1.807) is 0 Å². The van der Waals surface area contributed by atoms with Crippen LogP contribution in [0.1, 0.15) is 39.2 Å². The van der Waals surface area contributed by atoms with Crippen molar-refractivity contribution in [1.82, 2.24) is 0 Å². The molecular weight excluding hydrogens is 210 g/mol. The van der Waals surface area contributed by atoms with Crippen LogP contribution in [0.2, 0.25) is 0 Å². The fourth-order valence-corrected chi connectivity index (χ4v) is 1.99. The Hall–Kier alpha value is -1.02. The number of hydrogen-bond acceptors (Lipinski definition) is 2. The molecule has 2 nitrogen and oxygen atoms in total. The summed E-state index contributed by atoms with van der Waals surface area (Å²) < 4.78 is 5.72. The summed E-state index contributed by atoms with van der Waals surface area (Å²) in [5.41, 5.74) is 2.56. The van der Waals surface area contributed by atoms with Gasteiger partial charge in [-0.25, -0.2) is 0 Å². The molecular formula is C15H25NO. The number of ether oxygens (including phenoxy) is 1. The maximum atomic E-state index is 5.72. The molecule has 17 heavy (non-hydrogen) atoms. The Morgan fingerprint density at radius 3 is 2.65 bits per heavy atom. The number of aryl methyl sites for hydroxylation is 1. The zero-order valence-corrected chi connectivity index (χ0v) is 11.6. The maximum Gasteiger partial charge on any atom is 0.127 e. The number of unbranched alkanes of at least 4 members (excludes halogenated alkanes) is 1. The van der Waals surface area contributed by atoms with E-state index in [0.29, 0.717) is 0 Å². The largest absolute Gasteiger partial charge is 0.359 e. The highest BCUT2D eigenvalue weighted by molar-refractivity contribution is 5.48. The van der Waals surface area contributed by atoms with E-state index >= 15 is 0 Å². The molecule has 2 heteroatoms. The summed E-state index contributed by atoms with van der Waals surface area (Å²) in [7, 11) is 0. The van der Waals surface area contributed by atoms with Crippen LogP contribution in [0, 0.1) is 6.92 Å². The lowest BCUT2D eigenvalue weighted by atomic mass is 10.2. The second-order valence-electron chi connectivity index (χ2n) is 4.44. The van der Waals surface area contributed by atoms with Crippen molar-refractivity contribution in [2.24, 2.45) is 0 Å².